The number of carbonyl (C=O) groups is 3. The number of nitrogens with one attached hydrogen (secondary N) is 2. The lowest BCUT2D eigenvalue weighted by Crippen LogP contribution is -2.45. The van der Waals surface area contributed by atoms with Gasteiger partial charge in [-0.3, -0.25) is 30.0 Å². The largest absolute Gasteiger partial charge is 0.310 e. The number of pyridine rings is 1. The Morgan fingerprint density at radius 1 is 1.00 bits per heavy atom. The van der Waals surface area contributed by atoms with E-state index in [4.69, 9.17) is 0 Å². The molecule has 0 bridgehead atoms. The molecule has 0 saturated heterocycles. The molecule has 27 heavy (non-hydrogen) atoms. The van der Waals surface area contributed by atoms with Crippen LogP contribution in [0, 0.1) is 0 Å². The Morgan fingerprint density at radius 3 is 2.56 bits per heavy atom. The van der Waals surface area contributed by atoms with Gasteiger partial charge in [0.15, 0.2) is 0 Å². The third-order valence-electron chi connectivity index (χ3n) is 3.93. The van der Waals surface area contributed by atoms with Crippen LogP contribution in [0.2, 0.25) is 0 Å². The second-order valence-corrected chi connectivity index (χ2v) is 6.83. The molecule has 1 aromatic heterocycles. The van der Waals surface area contributed by atoms with E-state index in [1.165, 1.54) is 28.6 Å². The fourth-order valence-electron chi connectivity index (χ4n) is 2.60. The smallest absolute Gasteiger partial charge is 0.258 e. The lowest BCUT2D eigenvalue weighted by Gasteiger charge is -2.28. The standard InChI is InChI=1S/C18H18N4O4S/c23-15(19-20-16(24)11-21-9-4-3-7-17(21)25)8-10-22-13-5-1-2-6-14(13)27-12-18(22)26/h1-7,9H,8,10-12H2,(H,19,23)(H,20,24). The summed E-state index contributed by atoms with van der Waals surface area (Å²) in [5.41, 5.74) is 5.06. The van der Waals surface area contributed by atoms with Crippen molar-refractivity contribution in [3.05, 3.63) is 59.0 Å². The van der Waals surface area contributed by atoms with Gasteiger partial charge in [0, 0.05) is 30.1 Å². The first kappa shape index (κ1) is 18.7. The SMILES string of the molecule is O=C(CCN1C(=O)CSc2ccccc21)NNC(=O)Cn1ccccc1=O. The van der Waals surface area contributed by atoms with Crippen LogP contribution in [-0.2, 0) is 20.9 Å². The molecule has 0 aliphatic carbocycles. The summed E-state index contributed by atoms with van der Waals surface area (Å²) >= 11 is 1.47. The Bertz CT molecular complexity index is 927. The zero-order valence-corrected chi connectivity index (χ0v) is 15.2. The van der Waals surface area contributed by atoms with E-state index < -0.39 is 11.8 Å². The highest BCUT2D eigenvalue weighted by atomic mass is 32.2. The summed E-state index contributed by atoms with van der Waals surface area (Å²) in [7, 11) is 0. The first-order valence-electron chi connectivity index (χ1n) is 8.30. The van der Waals surface area contributed by atoms with Gasteiger partial charge >= 0.3 is 0 Å². The Kier molecular flexibility index (Phi) is 5.92. The molecule has 3 rings (SSSR count). The molecule has 1 aromatic carbocycles. The third-order valence-corrected chi connectivity index (χ3v) is 4.97. The normalized spacial score (nSPS) is 13.0. The molecule has 140 valence electrons. The Balaban J connectivity index is 1.49. The molecule has 0 saturated carbocycles. The van der Waals surface area contributed by atoms with Gasteiger partial charge in [-0.1, -0.05) is 18.2 Å². The quantitative estimate of drug-likeness (QED) is 0.730. The lowest BCUT2D eigenvalue weighted by atomic mass is 10.2. The fourth-order valence-corrected chi connectivity index (χ4v) is 3.54. The number of fused-ring (bicyclic) bond motifs is 1. The van der Waals surface area contributed by atoms with Crippen LogP contribution >= 0.6 is 11.8 Å². The van der Waals surface area contributed by atoms with Crippen molar-refractivity contribution in [3.8, 4) is 0 Å². The van der Waals surface area contributed by atoms with Gasteiger partial charge in [0.25, 0.3) is 11.5 Å². The molecule has 8 nitrogen and oxygen atoms in total. The minimum absolute atomic E-state index is 0.0380. The molecule has 2 aromatic rings. The predicted molar refractivity (Wildman–Crippen MR) is 101 cm³/mol. The maximum absolute atomic E-state index is 12.1. The van der Waals surface area contributed by atoms with E-state index in [1.54, 1.807) is 17.0 Å². The van der Waals surface area contributed by atoms with Crippen molar-refractivity contribution in [2.75, 3.05) is 17.2 Å². The van der Waals surface area contributed by atoms with E-state index in [0.29, 0.717) is 5.75 Å². The summed E-state index contributed by atoms with van der Waals surface area (Å²) in [6.45, 7) is 0.0193. The number of thioether (sulfide) groups is 1. The monoisotopic (exact) mass is 386 g/mol. The molecule has 0 atom stereocenters. The van der Waals surface area contributed by atoms with E-state index in [9.17, 15) is 19.2 Å². The van der Waals surface area contributed by atoms with Crippen LogP contribution in [0.3, 0.4) is 0 Å². The highest BCUT2D eigenvalue weighted by molar-refractivity contribution is 8.00. The minimum Gasteiger partial charge on any atom is -0.310 e. The summed E-state index contributed by atoms with van der Waals surface area (Å²) < 4.78 is 1.22. The molecule has 2 N–H and O–H groups in total. The highest BCUT2D eigenvalue weighted by Crippen LogP contribution is 2.34. The van der Waals surface area contributed by atoms with E-state index in [1.807, 2.05) is 24.3 Å². The van der Waals surface area contributed by atoms with E-state index >= 15 is 0 Å². The Morgan fingerprint density at radius 2 is 1.74 bits per heavy atom. The molecular formula is C18H18N4O4S. The zero-order chi connectivity index (χ0) is 19.2. The number of carbonyl (C=O) groups excluding carboxylic acids is 3. The Labute approximate surface area is 159 Å². The van der Waals surface area contributed by atoms with Crippen molar-refractivity contribution in [2.45, 2.75) is 17.9 Å². The predicted octanol–water partition coefficient (Wildman–Crippen LogP) is 0.525. The van der Waals surface area contributed by atoms with Gasteiger partial charge < -0.3 is 9.47 Å². The third kappa shape index (κ3) is 4.76. The number of hydrazine groups is 1. The molecule has 0 radical (unpaired) electrons. The molecular weight excluding hydrogens is 368 g/mol. The van der Waals surface area contributed by atoms with Crippen LogP contribution in [0.1, 0.15) is 6.42 Å². The van der Waals surface area contributed by atoms with E-state index in [0.717, 1.165) is 10.6 Å². The van der Waals surface area contributed by atoms with E-state index in [2.05, 4.69) is 10.9 Å². The highest BCUT2D eigenvalue weighted by Gasteiger charge is 2.24. The number of amides is 3. The number of rotatable bonds is 5. The van der Waals surface area contributed by atoms with Crippen LogP contribution in [-0.4, -0.2) is 34.6 Å². The van der Waals surface area contributed by atoms with E-state index in [-0.39, 0.29) is 31.0 Å². The summed E-state index contributed by atoms with van der Waals surface area (Å²) in [4.78, 5) is 50.1. The van der Waals surface area contributed by atoms with Crippen molar-refractivity contribution in [1.82, 2.24) is 15.4 Å². The van der Waals surface area contributed by atoms with Crippen molar-refractivity contribution >= 4 is 35.2 Å². The molecule has 0 spiro atoms. The summed E-state index contributed by atoms with van der Waals surface area (Å²) in [6.07, 6.45) is 1.53. The van der Waals surface area contributed by atoms with Crippen LogP contribution in [0.5, 0.6) is 0 Å². The second-order valence-electron chi connectivity index (χ2n) is 5.81. The molecule has 1 aliphatic rings. The lowest BCUT2D eigenvalue weighted by molar-refractivity contribution is -0.129. The molecule has 1 aliphatic heterocycles. The van der Waals surface area contributed by atoms with Crippen LogP contribution in [0.15, 0.2) is 58.4 Å². The Hall–Kier alpha value is -3.07. The van der Waals surface area contributed by atoms with Crippen LogP contribution in [0.4, 0.5) is 5.69 Å². The average molecular weight is 386 g/mol. The number of hydrogen-bond acceptors (Lipinski definition) is 5. The van der Waals surface area contributed by atoms with Crippen LogP contribution in [0.25, 0.3) is 0 Å². The van der Waals surface area contributed by atoms with Crippen molar-refractivity contribution in [2.24, 2.45) is 0 Å². The molecule has 3 amide bonds. The molecule has 9 heteroatoms. The maximum atomic E-state index is 12.1. The van der Waals surface area contributed by atoms with Crippen LogP contribution < -0.4 is 21.3 Å². The van der Waals surface area contributed by atoms with Crippen molar-refractivity contribution in [3.63, 3.8) is 0 Å². The average Bonchev–Trinajstić information content (AvgIpc) is 2.67. The van der Waals surface area contributed by atoms with Gasteiger partial charge in [-0.05, 0) is 18.2 Å². The number of aromatic nitrogens is 1. The molecule has 0 fully saturated rings. The summed E-state index contributed by atoms with van der Waals surface area (Å²) in [5, 5.41) is 0. The summed E-state index contributed by atoms with van der Waals surface area (Å²) in [5.74, 6) is -0.667. The number of nitrogens with zero attached hydrogens (tertiary/aromatic N) is 2. The number of anilines is 1. The number of hydrogen-bond donors (Lipinski definition) is 2. The summed E-state index contributed by atoms with van der Waals surface area (Å²) in [6, 6.07) is 12.1. The van der Waals surface area contributed by atoms with Gasteiger partial charge in [-0.2, -0.15) is 0 Å². The number of para-hydroxylation sites is 1. The topological polar surface area (TPSA) is 101 Å². The zero-order valence-electron chi connectivity index (χ0n) is 14.4. The van der Waals surface area contributed by atoms with Gasteiger partial charge in [0.05, 0.1) is 11.4 Å². The molecule has 2 heterocycles. The first-order chi connectivity index (χ1) is 13.0. The van der Waals surface area contributed by atoms with Crippen molar-refractivity contribution < 1.29 is 14.4 Å². The van der Waals surface area contributed by atoms with Gasteiger partial charge in [0.2, 0.25) is 11.8 Å². The molecule has 0 unspecified atom stereocenters. The second kappa shape index (κ2) is 8.54. The fraction of sp³-hybridized carbons (Fsp3) is 0.222. The van der Waals surface area contributed by atoms with Crippen molar-refractivity contribution in [1.29, 1.82) is 0 Å². The van der Waals surface area contributed by atoms with Gasteiger partial charge in [-0.15, -0.1) is 11.8 Å². The van der Waals surface area contributed by atoms with Gasteiger partial charge in [-0.25, -0.2) is 0 Å². The minimum atomic E-state index is -0.521. The number of benzene rings is 1. The first-order valence-corrected chi connectivity index (χ1v) is 9.28. The van der Waals surface area contributed by atoms with Gasteiger partial charge in [0.1, 0.15) is 6.54 Å². The maximum Gasteiger partial charge on any atom is 0.258 e.